The summed E-state index contributed by atoms with van der Waals surface area (Å²) in [5.74, 6) is 0. The molecule has 0 radical (unpaired) electrons. The maximum Gasteiger partial charge on any atom is 0.221 e. The summed E-state index contributed by atoms with van der Waals surface area (Å²) in [5, 5.41) is 6.53. The Labute approximate surface area is 202 Å². The summed E-state index contributed by atoms with van der Waals surface area (Å²) in [7, 11) is -2.75. The molecule has 5 rings (SSSR count). The van der Waals surface area contributed by atoms with Gasteiger partial charge in [0.2, 0.25) is 6.90 Å². The van der Waals surface area contributed by atoms with Crippen LogP contribution in [-0.2, 0) is 0 Å². The van der Waals surface area contributed by atoms with E-state index in [0.717, 1.165) is 0 Å². The van der Waals surface area contributed by atoms with E-state index < -0.39 is 14.5 Å². The lowest BCUT2D eigenvalue weighted by atomic mass is 10.3. The van der Waals surface area contributed by atoms with Crippen molar-refractivity contribution in [2.24, 2.45) is 0 Å². The molecule has 0 heterocycles. The van der Waals surface area contributed by atoms with Crippen LogP contribution in [0, 0.1) is 0 Å². The quantitative estimate of drug-likeness (QED) is 0.195. The van der Waals surface area contributed by atoms with Crippen molar-refractivity contribution in [3.63, 3.8) is 0 Å². The first-order chi connectivity index (χ1) is 16.3. The van der Waals surface area contributed by atoms with Gasteiger partial charge in [0.15, 0.2) is 7.59 Å². The fourth-order valence-electron chi connectivity index (χ4n) is 5.10. The van der Waals surface area contributed by atoms with Crippen LogP contribution in [0.15, 0.2) is 152 Å². The van der Waals surface area contributed by atoms with E-state index in [9.17, 15) is 0 Å². The van der Waals surface area contributed by atoms with Crippen LogP contribution >= 0.6 is 11.1 Å². The molecule has 0 fully saturated rings. The maximum absolute atomic E-state index is 8.32. The number of halogens is 1. The van der Waals surface area contributed by atoms with E-state index in [2.05, 4.69) is 152 Å². The molecule has 0 atom stereocenters. The SMILES string of the molecule is Cl[Si](c1ccccc1)(c1ccccc1)[Si](c1ccccc1)(c1ccccc1)c1ccccc1. The summed E-state index contributed by atoms with van der Waals surface area (Å²) in [6.07, 6.45) is 0. The Morgan fingerprint density at radius 1 is 0.303 bits per heavy atom. The fraction of sp³-hybridized carbons (Fsp3) is 0. The zero-order valence-electron chi connectivity index (χ0n) is 18.3. The van der Waals surface area contributed by atoms with Crippen LogP contribution in [-0.4, -0.2) is 14.5 Å². The molecule has 0 nitrogen and oxygen atoms in total. The largest absolute Gasteiger partial charge is 0.221 e. The third-order valence-corrected chi connectivity index (χ3v) is 24.7. The van der Waals surface area contributed by atoms with Gasteiger partial charge in [0, 0.05) is 0 Å². The molecule has 0 amide bonds. The van der Waals surface area contributed by atoms with Gasteiger partial charge in [0.25, 0.3) is 0 Å². The average molecular weight is 477 g/mol. The smallest absolute Gasteiger partial charge is 0.157 e. The highest BCUT2D eigenvalue weighted by Gasteiger charge is 2.60. The van der Waals surface area contributed by atoms with Crippen molar-refractivity contribution in [1.29, 1.82) is 0 Å². The lowest BCUT2D eigenvalue weighted by Gasteiger charge is -2.45. The topological polar surface area (TPSA) is 0 Å². The molecule has 0 N–H and O–H groups in total. The van der Waals surface area contributed by atoms with Crippen molar-refractivity contribution in [1.82, 2.24) is 0 Å². The molecule has 33 heavy (non-hydrogen) atoms. The van der Waals surface area contributed by atoms with Crippen LogP contribution in [0.4, 0.5) is 0 Å². The molecule has 5 aromatic carbocycles. The van der Waals surface area contributed by atoms with Crippen LogP contribution in [0.1, 0.15) is 0 Å². The molecule has 0 spiro atoms. The first-order valence-corrected chi connectivity index (χ1v) is 17.3. The van der Waals surface area contributed by atoms with Crippen molar-refractivity contribution in [3.05, 3.63) is 152 Å². The third-order valence-electron chi connectivity index (χ3n) is 6.48. The summed E-state index contributed by atoms with van der Waals surface area (Å²) in [5.41, 5.74) is 0. The van der Waals surface area contributed by atoms with Gasteiger partial charge in [-0.05, 0) is 25.9 Å². The summed E-state index contributed by atoms with van der Waals surface area (Å²) in [4.78, 5) is 0. The predicted octanol–water partition coefficient (Wildman–Crippen LogP) is 4.23. The van der Waals surface area contributed by atoms with E-state index in [1.807, 2.05) is 0 Å². The van der Waals surface area contributed by atoms with Gasteiger partial charge in [-0.25, -0.2) is 0 Å². The molecule has 0 saturated carbocycles. The Hall–Kier alpha value is -3.18. The molecule has 0 saturated heterocycles. The number of benzene rings is 5. The average Bonchev–Trinajstić information content (AvgIpc) is 2.92. The minimum atomic E-state index is -2.89. The highest BCUT2D eigenvalue weighted by molar-refractivity contribution is 7.76. The second-order valence-electron chi connectivity index (χ2n) is 8.24. The van der Waals surface area contributed by atoms with Gasteiger partial charge in [0.1, 0.15) is 0 Å². The molecule has 3 heteroatoms. The minimum Gasteiger partial charge on any atom is -0.157 e. The van der Waals surface area contributed by atoms with Crippen molar-refractivity contribution in [2.45, 2.75) is 0 Å². The number of rotatable bonds is 6. The van der Waals surface area contributed by atoms with Gasteiger partial charge in [0.05, 0.1) is 0 Å². The number of hydrogen-bond acceptors (Lipinski definition) is 0. The van der Waals surface area contributed by atoms with E-state index in [0.29, 0.717) is 0 Å². The molecule has 0 aromatic heterocycles. The lowest BCUT2D eigenvalue weighted by Crippen LogP contribution is -2.88. The molecule has 0 aliphatic carbocycles. The standard InChI is InChI=1S/C30H25ClSi2/c31-33(29-22-12-4-13-23-29,30-24-14-5-15-25-30)32(26-16-6-1-7-17-26,27-18-8-2-9-19-27)28-20-10-3-11-21-28/h1-25H. The minimum absolute atomic E-state index is 1.25. The number of hydrogen-bond donors (Lipinski definition) is 0. The second-order valence-corrected chi connectivity index (χ2v) is 21.1. The van der Waals surface area contributed by atoms with E-state index in [1.54, 1.807) is 0 Å². The van der Waals surface area contributed by atoms with Crippen LogP contribution in [0.5, 0.6) is 0 Å². The summed E-state index contributed by atoms with van der Waals surface area (Å²) in [6, 6.07) is 54.6. The zero-order chi connectivity index (χ0) is 22.6. The van der Waals surface area contributed by atoms with Crippen LogP contribution in [0.25, 0.3) is 0 Å². The van der Waals surface area contributed by atoms with Gasteiger partial charge in [-0.3, -0.25) is 0 Å². The molecule has 0 unspecified atom stereocenters. The Kier molecular flexibility index (Phi) is 6.14. The van der Waals surface area contributed by atoms with Crippen LogP contribution < -0.4 is 25.9 Å². The third kappa shape index (κ3) is 3.61. The Bertz CT molecular complexity index is 1160. The first-order valence-electron chi connectivity index (χ1n) is 11.2. The summed E-state index contributed by atoms with van der Waals surface area (Å²) >= 11 is 8.32. The Balaban J connectivity index is 2.01. The molecular weight excluding hydrogens is 452 g/mol. The van der Waals surface area contributed by atoms with Crippen molar-refractivity contribution in [3.8, 4) is 0 Å². The lowest BCUT2D eigenvalue weighted by molar-refractivity contribution is 1.68. The van der Waals surface area contributed by atoms with Gasteiger partial charge in [-0.1, -0.05) is 152 Å². The highest BCUT2D eigenvalue weighted by atomic mass is 35.6. The molecule has 0 bridgehead atoms. The van der Waals surface area contributed by atoms with Crippen molar-refractivity contribution < 1.29 is 0 Å². The predicted molar refractivity (Wildman–Crippen MR) is 148 cm³/mol. The van der Waals surface area contributed by atoms with E-state index in [4.69, 9.17) is 11.1 Å². The van der Waals surface area contributed by atoms with Gasteiger partial charge >= 0.3 is 0 Å². The molecule has 0 aliphatic rings. The van der Waals surface area contributed by atoms with Crippen LogP contribution in [0.2, 0.25) is 0 Å². The van der Waals surface area contributed by atoms with Gasteiger partial charge in [-0.2, -0.15) is 11.1 Å². The van der Waals surface area contributed by atoms with E-state index >= 15 is 0 Å². The van der Waals surface area contributed by atoms with Gasteiger partial charge in [-0.15, -0.1) is 0 Å². The Morgan fingerprint density at radius 3 is 0.758 bits per heavy atom. The second kappa shape index (κ2) is 9.36. The van der Waals surface area contributed by atoms with Gasteiger partial charge < -0.3 is 0 Å². The molecule has 5 aromatic rings. The Morgan fingerprint density at radius 2 is 0.515 bits per heavy atom. The normalized spacial score (nSPS) is 11.8. The highest BCUT2D eigenvalue weighted by Crippen LogP contribution is 2.25. The summed E-state index contributed by atoms with van der Waals surface area (Å²) < 4.78 is 0. The molecule has 160 valence electrons. The van der Waals surface area contributed by atoms with Crippen molar-refractivity contribution in [2.75, 3.05) is 0 Å². The molecule has 0 aliphatic heterocycles. The van der Waals surface area contributed by atoms with E-state index in [1.165, 1.54) is 25.9 Å². The van der Waals surface area contributed by atoms with Crippen LogP contribution in [0.3, 0.4) is 0 Å². The van der Waals surface area contributed by atoms with E-state index in [-0.39, 0.29) is 0 Å². The first kappa shape index (κ1) is 21.7. The molecular formula is C30H25ClSi2. The zero-order valence-corrected chi connectivity index (χ0v) is 21.1. The van der Waals surface area contributed by atoms with Crippen molar-refractivity contribution >= 4 is 51.5 Å². The fourth-order valence-corrected chi connectivity index (χ4v) is 24.3. The maximum atomic E-state index is 8.32. The monoisotopic (exact) mass is 476 g/mol. The summed E-state index contributed by atoms with van der Waals surface area (Å²) in [6.45, 7) is -2.89.